The molecule has 1 aromatic rings. The van der Waals surface area contributed by atoms with Crippen LogP contribution in [0.15, 0.2) is 22.7 Å². The summed E-state index contributed by atoms with van der Waals surface area (Å²) in [5.74, 6) is -0.380. The van der Waals surface area contributed by atoms with Gasteiger partial charge in [-0.05, 0) is 28.9 Å². The fourth-order valence-electron chi connectivity index (χ4n) is 1.39. The van der Waals surface area contributed by atoms with Crippen LogP contribution in [0, 0.1) is 10.1 Å². The molecule has 1 unspecified atom stereocenters. The normalized spacial score (nSPS) is 11.9. The first-order valence-electron chi connectivity index (χ1n) is 5.19. The van der Waals surface area contributed by atoms with E-state index in [1.807, 2.05) is 0 Å². The molecule has 0 fully saturated rings. The van der Waals surface area contributed by atoms with Gasteiger partial charge in [-0.3, -0.25) is 14.9 Å². The molecule has 1 N–H and O–H groups in total. The van der Waals surface area contributed by atoms with Gasteiger partial charge in [-0.1, -0.05) is 0 Å². The van der Waals surface area contributed by atoms with E-state index in [2.05, 4.69) is 21.2 Å². The summed E-state index contributed by atoms with van der Waals surface area (Å²) >= 11 is 3.19. The van der Waals surface area contributed by atoms with Crippen LogP contribution < -0.4 is 5.32 Å². The van der Waals surface area contributed by atoms with E-state index >= 15 is 0 Å². The number of ether oxygens (including phenoxy) is 1. The number of hydrogen-bond acceptors (Lipinski definition) is 4. The second-order valence-electron chi connectivity index (χ2n) is 3.75. The Morgan fingerprint density at radius 1 is 1.61 bits per heavy atom. The van der Waals surface area contributed by atoms with Crippen molar-refractivity contribution in [2.24, 2.45) is 0 Å². The minimum Gasteiger partial charge on any atom is -0.383 e. The summed E-state index contributed by atoms with van der Waals surface area (Å²) in [7, 11) is 1.53. The Morgan fingerprint density at radius 2 is 2.28 bits per heavy atom. The monoisotopic (exact) mass is 316 g/mol. The molecule has 1 atom stereocenters. The average Bonchev–Trinajstić information content (AvgIpc) is 2.29. The van der Waals surface area contributed by atoms with Gasteiger partial charge in [0.05, 0.1) is 17.1 Å². The van der Waals surface area contributed by atoms with Crippen molar-refractivity contribution in [3.8, 4) is 0 Å². The Kier molecular flexibility index (Phi) is 5.24. The number of non-ortho nitro benzene ring substituents is 1. The number of benzene rings is 1. The highest BCUT2D eigenvalue weighted by molar-refractivity contribution is 9.10. The molecule has 98 valence electrons. The van der Waals surface area contributed by atoms with Gasteiger partial charge < -0.3 is 10.1 Å². The summed E-state index contributed by atoms with van der Waals surface area (Å²) in [5, 5.41) is 13.3. The lowest BCUT2D eigenvalue weighted by Gasteiger charge is -2.13. The van der Waals surface area contributed by atoms with Crippen LogP contribution in [0.2, 0.25) is 0 Å². The third kappa shape index (κ3) is 3.78. The van der Waals surface area contributed by atoms with Gasteiger partial charge in [0.15, 0.2) is 0 Å². The molecule has 6 nitrogen and oxygen atoms in total. The van der Waals surface area contributed by atoms with Crippen LogP contribution in [0.25, 0.3) is 0 Å². The molecule has 7 heteroatoms. The molecule has 1 aromatic carbocycles. The number of nitrogens with one attached hydrogen (secondary N) is 1. The van der Waals surface area contributed by atoms with Gasteiger partial charge in [-0.15, -0.1) is 0 Å². The number of carbonyl (C=O) groups excluding carboxylic acids is 1. The molecule has 0 heterocycles. The first-order chi connectivity index (χ1) is 8.45. The fourth-order valence-corrected chi connectivity index (χ4v) is 1.82. The van der Waals surface area contributed by atoms with Crippen molar-refractivity contribution in [2.45, 2.75) is 13.0 Å². The zero-order valence-electron chi connectivity index (χ0n) is 9.97. The van der Waals surface area contributed by atoms with E-state index in [-0.39, 0.29) is 23.2 Å². The van der Waals surface area contributed by atoms with Crippen LogP contribution in [0.4, 0.5) is 5.69 Å². The van der Waals surface area contributed by atoms with Crippen molar-refractivity contribution < 1.29 is 14.5 Å². The molecule has 0 aliphatic heterocycles. The highest BCUT2D eigenvalue weighted by atomic mass is 79.9. The van der Waals surface area contributed by atoms with Gasteiger partial charge in [0, 0.05) is 29.8 Å². The predicted molar refractivity (Wildman–Crippen MR) is 69.6 cm³/mol. The highest BCUT2D eigenvalue weighted by Crippen LogP contribution is 2.22. The van der Waals surface area contributed by atoms with E-state index in [9.17, 15) is 14.9 Å². The molecule has 0 saturated heterocycles. The van der Waals surface area contributed by atoms with E-state index in [0.717, 1.165) is 0 Å². The Hall–Kier alpha value is -1.47. The zero-order valence-corrected chi connectivity index (χ0v) is 11.6. The zero-order chi connectivity index (χ0) is 13.7. The lowest BCUT2D eigenvalue weighted by atomic mass is 10.2. The van der Waals surface area contributed by atoms with Crippen molar-refractivity contribution >= 4 is 27.5 Å². The SMILES string of the molecule is COCC(C)NC(=O)c1cc([N+](=O)[O-])ccc1Br. The largest absolute Gasteiger partial charge is 0.383 e. The maximum Gasteiger partial charge on any atom is 0.270 e. The minimum atomic E-state index is -0.540. The fraction of sp³-hybridized carbons (Fsp3) is 0.364. The summed E-state index contributed by atoms with van der Waals surface area (Å²) in [6, 6.07) is 3.88. The number of hydrogen-bond donors (Lipinski definition) is 1. The van der Waals surface area contributed by atoms with Gasteiger partial charge in [0.25, 0.3) is 11.6 Å². The van der Waals surface area contributed by atoms with Crippen LogP contribution in [0.1, 0.15) is 17.3 Å². The lowest BCUT2D eigenvalue weighted by molar-refractivity contribution is -0.384. The number of nitrogens with zero attached hydrogens (tertiary/aromatic N) is 1. The third-order valence-electron chi connectivity index (χ3n) is 2.20. The molecule has 0 radical (unpaired) electrons. The highest BCUT2D eigenvalue weighted by Gasteiger charge is 2.16. The predicted octanol–water partition coefficient (Wildman–Crippen LogP) is 2.12. The molecule has 1 amide bonds. The number of rotatable bonds is 5. The molecule has 0 saturated carbocycles. The van der Waals surface area contributed by atoms with Crippen LogP contribution >= 0.6 is 15.9 Å². The van der Waals surface area contributed by atoms with Crippen molar-refractivity contribution in [1.29, 1.82) is 0 Å². The summed E-state index contributed by atoms with van der Waals surface area (Å²) in [6.07, 6.45) is 0. The maximum atomic E-state index is 11.9. The maximum absolute atomic E-state index is 11.9. The van der Waals surface area contributed by atoms with E-state index in [1.54, 1.807) is 6.92 Å². The number of nitro groups is 1. The summed E-state index contributed by atoms with van der Waals surface area (Å²) in [6.45, 7) is 2.16. The lowest BCUT2D eigenvalue weighted by Crippen LogP contribution is -2.35. The number of amides is 1. The number of carbonyl (C=O) groups is 1. The smallest absolute Gasteiger partial charge is 0.270 e. The summed E-state index contributed by atoms with van der Waals surface area (Å²) in [5.41, 5.74) is 0.106. The molecule has 0 spiro atoms. The third-order valence-corrected chi connectivity index (χ3v) is 2.89. The van der Waals surface area contributed by atoms with E-state index < -0.39 is 4.92 Å². The molecule has 0 bridgehead atoms. The van der Waals surface area contributed by atoms with E-state index in [0.29, 0.717) is 11.1 Å². The molecular weight excluding hydrogens is 304 g/mol. The Bertz CT molecular complexity index is 464. The van der Waals surface area contributed by atoms with Gasteiger partial charge >= 0.3 is 0 Å². The van der Waals surface area contributed by atoms with Crippen molar-refractivity contribution in [2.75, 3.05) is 13.7 Å². The number of methoxy groups -OCH3 is 1. The van der Waals surface area contributed by atoms with E-state index in [1.165, 1.54) is 25.3 Å². The van der Waals surface area contributed by atoms with Gasteiger partial charge in [0.2, 0.25) is 0 Å². The molecule has 0 aliphatic carbocycles. The van der Waals surface area contributed by atoms with Crippen molar-refractivity contribution in [1.82, 2.24) is 5.32 Å². The second kappa shape index (κ2) is 6.46. The Balaban J connectivity index is 2.91. The standard InChI is InChI=1S/C11H13BrN2O4/c1-7(6-18-2)13-11(15)9-5-8(14(16)17)3-4-10(9)12/h3-5,7H,6H2,1-2H3,(H,13,15). The molecule has 0 aliphatic rings. The molecule has 1 rings (SSSR count). The van der Waals surface area contributed by atoms with Crippen LogP contribution in [-0.2, 0) is 4.74 Å². The average molecular weight is 317 g/mol. The van der Waals surface area contributed by atoms with Crippen molar-refractivity contribution in [3.05, 3.63) is 38.3 Å². The first-order valence-corrected chi connectivity index (χ1v) is 5.98. The van der Waals surface area contributed by atoms with Crippen LogP contribution in [0.3, 0.4) is 0 Å². The number of halogens is 1. The van der Waals surface area contributed by atoms with Gasteiger partial charge in [0.1, 0.15) is 0 Å². The summed E-state index contributed by atoms with van der Waals surface area (Å²) < 4.78 is 5.41. The Morgan fingerprint density at radius 3 is 2.83 bits per heavy atom. The molecule has 18 heavy (non-hydrogen) atoms. The minimum absolute atomic E-state index is 0.122. The quantitative estimate of drug-likeness (QED) is 0.666. The number of nitro benzene ring substituents is 1. The molecular formula is C11H13BrN2O4. The second-order valence-corrected chi connectivity index (χ2v) is 4.61. The van der Waals surface area contributed by atoms with Crippen LogP contribution in [-0.4, -0.2) is 30.6 Å². The first kappa shape index (κ1) is 14.6. The van der Waals surface area contributed by atoms with E-state index in [4.69, 9.17) is 4.74 Å². The van der Waals surface area contributed by atoms with Crippen LogP contribution in [0.5, 0.6) is 0 Å². The van der Waals surface area contributed by atoms with Crippen molar-refractivity contribution in [3.63, 3.8) is 0 Å². The topological polar surface area (TPSA) is 81.5 Å². The molecule has 0 aromatic heterocycles. The summed E-state index contributed by atoms with van der Waals surface area (Å²) in [4.78, 5) is 22.0. The van der Waals surface area contributed by atoms with Gasteiger partial charge in [-0.25, -0.2) is 0 Å². The Labute approximate surface area is 113 Å². The van der Waals surface area contributed by atoms with Gasteiger partial charge in [-0.2, -0.15) is 0 Å².